The van der Waals surface area contributed by atoms with E-state index < -0.39 is 5.97 Å². The molecule has 34 heavy (non-hydrogen) atoms. The van der Waals surface area contributed by atoms with Crippen molar-refractivity contribution in [3.63, 3.8) is 0 Å². The third kappa shape index (κ3) is 4.61. The summed E-state index contributed by atoms with van der Waals surface area (Å²) in [4.78, 5) is 26.3. The van der Waals surface area contributed by atoms with Crippen LogP contribution in [0.25, 0.3) is 16.6 Å². The van der Waals surface area contributed by atoms with Crippen molar-refractivity contribution < 1.29 is 19.4 Å². The van der Waals surface area contributed by atoms with Crippen LogP contribution in [0, 0.1) is 20.8 Å². The molecule has 3 aromatic carbocycles. The summed E-state index contributed by atoms with van der Waals surface area (Å²) < 4.78 is 13.8. The number of rotatable bonds is 7. The Morgan fingerprint density at radius 1 is 0.853 bits per heavy atom. The highest BCUT2D eigenvalue weighted by atomic mass is 32.1. The van der Waals surface area contributed by atoms with Crippen molar-refractivity contribution in [2.45, 2.75) is 27.2 Å². The monoisotopic (exact) mass is 472 g/mol. The Labute approximate surface area is 201 Å². The Morgan fingerprint density at radius 3 is 2.26 bits per heavy atom. The Kier molecular flexibility index (Phi) is 6.56. The summed E-state index contributed by atoms with van der Waals surface area (Å²) in [6, 6.07) is 16.1. The summed E-state index contributed by atoms with van der Waals surface area (Å²) in [6.45, 7) is 5.82. The van der Waals surface area contributed by atoms with Crippen molar-refractivity contribution in [3.8, 4) is 5.75 Å². The lowest BCUT2D eigenvalue weighted by molar-refractivity contribution is -0.130. The number of carbonyl (C=O) groups excluding carboxylic acids is 1. The molecule has 172 valence electrons. The number of hydrogen-bond donors (Lipinski definition) is 1. The van der Waals surface area contributed by atoms with Gasteiger partial charge in [-0.2, -0.15) is 8.75 Å². The average molecular weight is 473 g/mol. The zero-order chi connectivity index (χ0) is 24.4. The Bertz CT molecular complexity index is 1450. The Balaban J connectivity index is 1.92. The minimum absolute atomic E-state index is 0.0356. The van der Waals surface area contributed by atoms with Crippen molar-refractivity contribution in [1.29, 1.82) is 0 Å². The topological polar surface area (TPSA) is 89.4 Å². The molecule has 4 aromatic rings. The lowest BCUT2D eigenvalue weighted by Gasteiger charge is -2.15. The van der Waals surface area contributed by atoms with Gasteiger partial charge in [-0.3, -0.25) is 4.79 Å². The second kappa shape index (κ2) is 9.57. The number of ether oxygens (including phenoxy) is 1. The van der Waals surface area contributed by atoms with Crippen LogP contribution in [-0.2, 0) is 11.2 Å². The molecule has 1 heterocycles. The molecule has 0 amide bonds. The van der Waals surface area contributed by atoms with Crippen LogP contribution < -0.4 is 4.74 Å². The molecule has 0 atom stereocenters. The van der Waals surface area contributed by atoms with Gasteiger partial charge in [0.05, 0.1) is 24.4 Å². The van der Waals surface area contributed by atoms with Gasteiger partial charge in [0.1, 0.15) is 16.8 Å². The quantitative estimate of drug-likeness (QED) is 0.279. The van der Waals surface area contributed by atoms with E-state index in [2.05, 4.69) is 8.75 Å². The van der Waals surface area contributed by atoms with Crippen LogP contribution in [0.15, 0.2) is 60.2 Å². The van der Waals surface area contributed by atoms with Crippen molar-refractivity contribution in [2.24, 2.45) is 0 Å². The predicted octanol–water partition coefficient (Wildman–Crippen LogP) is 5.59. The van der Waals surface area contributed by atoms with E-state index in [1.165, 1.54) is 0 Å². The molecule has 6 nitrogen and oxygen atoms in total. The highest BCUT2D eigenvalue weighted by Crippen LogP contribution is 2.29. The molecule has 1 aromatic heterocycles. The van der Waals surface area contributed by atoms with Gasteiger partial charge in [0, 0.05) is 17.6 Å². The van der Waals surface area contributed by atoms with Gasteiger partial charge >= 0.3 is 5.97 Å². The molecular weight excluding hydrogens is 448 g/mol. The molecule has 0 radical (unpaired) electrons. The largest absolute Gasteiger partial charge is 0.496 e. The number of aryl methyl sites for hydroxylation is 3. The number of fused-ring (bicyclic) bond motifs is 1. The van der Waals surface area contributed by atoms with Crippen LogP contribution in [0.4, 0.5) is 0 Å². The first-order valence-electron chi connectivity index (χ1n) is 10.7. The number of benzene rings is 3. The van der Waals surface area contributed by atoms with E-state index in [0.29, 0.717) is 22.2 Å². The number of carboxylic acids is 1. The fraction of sp³-hybridized carbons (Fsp3) is 0.185. The van der Waals surface area contributed by atoms with E-state index in [1.807, 2.05) is 51.1 Å². The maximum atomic E-state index is 13.8. The summed E-state index contributed by atoms with van der Waals surface area (Å²) in [5.41, 5.74) is 6.10. The smallest absolute Gasteiger partial charge is 0.336 e. The molecule has 1 N–H and O–H groups in total. The van der Waals surface area contributed by atoms with Gasteiger partial charge in [0.2, 0.25) is 0 Å². The second-order valence-electron chi connectivity index (χ2n) is 8.24. The molecular formula is C27H24N2O4S. The van der Waals surface area contributed by atoms with Crippen LogP contribution in [-0.4, -0.2) is 32.7 Å². The van der Waals surface area contributed by atoms with Gasteiger partial charge in [-0.1, -0.05) is 30.3 Å². The van der Waals surface area contributed by atoms with Crippen LogP contribution in [0.3, 0.4) is 0 Å². The molecule has 0 spiro atoms. The Morgan fingerprint density at radius 2 is 1.59 bits per heavy atom. The number of methoxy groups -OCH3 is 1. The fourth-order valence-corrected chi connectivity index (χ4v) is 4.48. The van der Waals surface area contributed by atoms with Crippen molar-refractivity contribution in [2.75, 3.05) is 7.11 Å². The molecule has 7 heteroatoms. The maximum absolute atomic E-state index is 13.8. The van der Waals surface area contributed by atoms with Gasteiger partial charge in [0.25, 0.3) is 0 Å². The molecule has 0 bridgehead atoms. The number of Topliss-reactive ketones (excluding diaryl/α,β-unsaturated/α-hetero) is 1. The van der Waals surface area contributed by atoms with Crippen LogP contribution in [0.2, 0.25) is 0 Å². The van der Waals surface area contributed by atoms with Crippen LogP contribution in [0.5, 0.6) is 5.75 Å². The number of hydrogen-bond acceptors (Lipinski definition) is 6. The van der Waals surface area contributed by atoms with E-state index >= 15 is 0 Å². The molecule has 0 saturated heterocycles. The number of aromatic nitrogens is 2. The van der Waals surface area contributed by atoms with Gasteiger partial charge in [-0.05, 0) is 72.9 Å². The van der Waals surface area contributed by atoms with Crippen molar-refractivity contribution in [3.05, 3.63) is 93.6 Å². The van der Waals surface area contributed by atoms with E-state index in [9.17, 15) is 14.7 Å². The van der Waals surface area contributed by atoms with Gasteiger partial charge in [-0.15, -0.1) is 0 Å². The number of carboxylic acid groups (broad SMARTS) is 1. The first-order valence-corrected chi connectivity index (χ1v) is 11.5. The fourth-order valence-electron chi connectivity index (χ4n) is 3.96. The normalized spacial score (nSPS) is 11.9. The van der Waals surface area contributed by atoms with Crippen molar-refractivity contribution in [1.82, 2.24) is 8.75 Å². The number of nitrogens with zero attached hydrogens (tertiary/aromatic N) is 2. The lowest BCUT2D eigenvalue weighted by atomic mass is 9.88. The zero-order valence-electron chi connectivity index (χ0n) is 19.4. The summed E-state index contributed by atoms with van der Waals surface area (Å²) in [5.74, 6) is -0.750. The third-order valence-corrected chi connectivity index (χ3v) is 6.50. The second-order valence-corrected chi connectivity index (χ2v) is 8.76. The maximum Gasteiger partial charge on any atom is 0.336 e. The minimum atomic E-state index is -1.17. The molecule has 0 unspecified atom stereocenters. The molecule has 0 aliphatic rings. The number of carbonyl (C=O) groups is 2. The standard InChI is InChI=1S/C27H24N2O4S/c1-15-5-7-20(12-16(15)2)26(30)21(13-18-6-10-24(33-4)17(3)11-18)25(27(31)32)19-8-9-22-23(14-19)29-34-28-22/h5-12,14H,13H2,1-4H3,(H,31,32)/b25-21+. The first kappa shape index (κ1) is 23.3. The third-order valence-electron chi connectivity index (χ3n) is 5.94. The number of ketones is 1. The van der Waals surface area contributed by atoms with Crippen molar-refractivity contribution >= 4 is 40.1 Å². The lowest BCUT2D eigenvalue weighted by Crippen LogP contribution is -2.14. The van der Waals surface area contributed by atoms with Gasteiger partial charge in [-0.25, -0.2) is 4.79 Å². The number of allylic oxidation sites excluding steroid dienone is 1. The minimum Gasteiger partial charge on any atom is -0.496 e. The highest BCUT2D eigenvalue weighted by Gasteiger charge is 2.25. The average Bonchev–Trinajstić information content (AvgIpc) is 3.28. The first-order chi connectivity index (χ1) is 16.3. The summed E-state index contributed by atoms with van der Waals surface area (Å²) in [5, 5.41) is 10.3. The van der Waals surface area contributed by atoms with Gasteiger partial charge in [0.15, 0.2) is 5.78 Å². The predicted molar refractivity (Wildman–Crippen MR) is 134 cm³/mol. The molecule has 0 saturated carbocycles. The number of aliphatic carboxylic acids is 1. The van der Waals surface area contributed by atoms with E-state index in [4.69, 9.17) is 4.74 Å². The zero-order valence-corrected chi connectivity index (χ0v) is 20.2. The van der Waals surface area contributed by atoms with E-state index in [1.54, 1.807) is 31.4 Å². The molecule has 4 rings (SSSR count). The Hall–Kier alpha value is -3.84. The van der Waals surface area contributed by atoms with E-state index in [0.717, 1.165) is 39.7 Å². The van der Waals surface area contributed by atoms with Crippen LogP contribution in [0.1, 0.15) is 38.2 Å². The van der Waals surface area contributed by atoms with E-state index in [-0.39, 0.29) is 23.4 Å². The highest BCUT2D eigenvalue weighted by molar-refractivity contribution is 7.00. The summed E-state index contributed by atoms with van der Waals surface area (Å²) >= 11 is 1.06. The van der Waals surface area contributed by atoms with Crippen LogP contribution >= 0.6 is 11.7 Å². The SMILES string of the molecule is COc1ccc(C/C(C(=O)c2ccc(C)c(C)c2)=C(\C(=O)O)c2ccc3nsnc3c2)cc1C. The van der Waals surface area contributed by atoms with Gasteiger partial charge < -0.3 is 9.84 Å². The molecule has 0 aliphatic carbocycles. The molecule has 0 fully saturated rings. The summed E-state index contributed by atoms with van der Waals surface area (Å²) in [6.07, 6.45) is 0.158. The molecule has 0 aliphatic heterocycles. The summed E-state index contributed by atoms with van der Waals surface area (Å²) in [7, 11) is 1.60.